The van der Waals surface area contributed by atoms with Gasteiger partial charge in [0, 0.05) is 6.20 Å². The first-order valence-electron chi connectivity index (χ1n) is 8.67. The van der Waals surface area contributed by atoms with Crippen molar-refractivity contribution in [3.05, 3.63) is 29.0 Å². The molecule has 0 bridgehead atoms. The molecule has 1 aliphatic heterocycles. The number of aromatic nitrogens is 4. The summed E-state index contributed by atoms with van der Waals surface area (Å²) in [5.74, 6) is -0.190. The number of aromatic amines is 1. The van der Waals surface area contributed by atoms with E-state index in [2.05, 4.69) is 27.9 Å². The number of H-pyrrole nitrogens is 1. The van der Waals surface area contributed by atoms with Crippen molar-refractivity contribution in [2.75, 3.05) is 38.2 Å². The summed E-state index contributed by atoms with van der Waals surface area (Å²) in [7, 11) is 1.51. The summed E-state index contributed by atoms with van der Waals surface area (Å²) in [5, 5.41) is 9.70. The van der Waals surface area contributed by atoms with Gasteiger partial charge in [0.15, 0.2) is 0 Å². The third-order valence-corrected chi connectivity index (χ3v) is 6.71. The Morgan fingerprint density at radius 2 is 2.10 bits per heavy atom. The maximum atomic E-state index is 11.4. The molecule has 0 amide bonds. The molecule has 3 aromatic rings. The van der Waals surface area contributed by atoms with Gasteiger partial charge in [-0.3, -0.25) is 0 Å². The molecule has 4 heterocycles. The molecular weight excluding hydrogens is 509 g/mol. The molecule has 2 radical (unpaired) electrons. The molecule has 0 unspecified atom stereocenters. The van der Waals surface area contributed by atoms with Crippen molar-refractivity contribution >= 4 is 40.3 Å². The molecule has 0 spiro atoms. The van der Waals surface area contributed by atoms with Crippen LogP contribution in [-0.2, 0) is 0 Å². The summed E-state index contributed by atoms with van der Waals surface area (Å²) in [6.07, 6.45) is 3.00. The molecule has 150 valence electrons. The third-order valence-electron chi connectivity index (χ3n) is 4.67. The minimum absolute atomic E-state index is 0.0648. The number of anilines is 1. The number of nitrogens with one attached hydrogen (secondary N) is 1. The fraction of sp³-hybridized carbons (Fsp3) is 0.294. The number of carboxylic acids is 1. The van der Waals surface area contributed by atoms with Gasteiger partial charge in [0.1, 0.15) is 0 Å². The molecule has 0 aromatic carbocycles. The summed E-state index contributed by atoms with van der Waals surface area (Å²) >= 11 is 6.01. The fourth-order valence-electron chi connectivity index (χ4n) is 3.18. The van der Waals surface area contributed by atoms with E-state index in [0.29, 0.717) is 39.1 Å². The van der Waals surface area contributed by atoms with Crippen LogP contribution in [0.2, 0.25) is 5.02 Å². The van der Waals surface area contributed by atoms with Crippen molar-refractivity contribution in [3.63, 3.8) is 0 Å². The van der Waals surface area contributed by atoms with Crippen molar-refractivity contribution in [2.45, 2.75) is 0 Å². The second kappa shape index (κ2) is 8.32. The number of nitrogens with zero attached hydrogens (tertiary/aromatic N) is 5. The number of carboxylic acid groups (broad SMARTS) is 1. The van der Waals surface area contributed by atoms with Crippen LogP contribution in [0.1, 0.15) is 10.4 Å². The molecule has 1 aliphatic rings. The Morgan fingerprint density at radius 1 is 1.34 bits per heavy atom. The van der Waals surface area contributed by atoms with Gasteiger partial charge in [0.25, 0.3) is 0 Å². The van der Waals surface area contributed by atoms with Crippen molar-refractivity contribution in [1.29, 1.82) is 0 Å². The number of rotatable bonds is 5. The van der Waals surface area contributed by atoms with Crippen molar-refractivity contribution in [1.82, 2.24) is 23.0 Å². The van der Waals surface area contributed by atoms with E-state index in [0.717, 1.165) is 26.2 Å². The van der Waals surface area contributed by atoms with Crippen LogP contribution in [0.25, 0.3) is 22.3 Å². The van der Waals surface area contributed by atoms with Gasteiger partial charge in [0.05, 0.1) is 0 Å². The number of halogens is 2. The molecule has 9 nitrogen and oxygen atoms in total. The summed E-state index contributed by atoms with van der Waals surface area (Å²) in [4.78, 5) is 29.9. The Morgan fingerprint density at radius 3 is 2.76 bits per heavy atom. The third kappa shape index (κ3) is 3.86. The van der Waals surface area contributed by atoms with Crippen LogP contribution in [0.4, 0.5) is 5.95 Å². The Labute approximate surface area is 183 Å². The molecule has 29 heavy (non-hydrogen) atoms. The van der Waals surface area contributed by atoms with E-state index >= 15 is 0 Å². The summed E-state index contributed by atoms with van der Waals surface area (Å²) < 4.78 is 7.73. The second-order valence-electron chi connectivity index (χ2n) is 6.31. The normalized spacial score (nSPS) is 15.2. The van der Waals surface area contributed by atoms with Crippen molar-refractivity contribution in [3.8, 4) is 17.1 Å². The zero-order valence-electron chi connectivity index (χ0n) is 15.4. The van der Waals surface area contributed by atoms with Crippen LogP contribution in [0.5, 0.6) is 5.88 Å². The zero-order chi connectivity index (χ0) is 20.5. The number of pyridine rings is 1. The van der Waals surface area contributed by atoms with E-state index in [-0.39, 0.29) is 5.56 Å². The molecule has 12 heteroatoms. The van der Waals surface area contributed by atoms with Crippen molar-refractivity contribution in [2.24, 2.45) is 0 Å². The number of ether oxygens (including phenoxy) is 1. The molecule has 2 N–H and O–H groups in total. The van der Waals surface area contributed by atoms with E-state index in [4.69, 9.17) is 22.0 Å². The minimum atomic E-state index is -1.07. The van der Waals surface area contributed by atoms with E-state index < -0.39 is 27.2 Å². The first kappa shape index (κ1) is 20.2. The SMILES string of the molecule is [B][I-]N1CCN(c2ncc(-c3nc4c(C(=O)O)c[nH]c4cc3Cl)c(OC)n2)CC1. The molecule has 1 saturated heterocycles. The van der Waals surface area contributed by atoms with E-state index in [1.165, 1.54) is 13.3 Å². The second-order valence-corrected chi connectivity index (χ2v) is 8.64. The summed E-state index contributed by atoms with van der Waals surface area (Å²) in [5.41, 5.74) is 7.57. The van der Waals surface area contributed by atoms with Crippen LogP contribution in [0, 0.1) is 0 Å². The van der Waals surface area contributed by atoms with Gasteiger partial charge in [-0.15, -0.1) is 0 Å². The predicted molar refractivity (Wildman–Crippen MR) is 105 cm³/mol. The number of aromatic carboxylic acids is 1. The molecule has 0 aliphatic carbocycles. The number of piperazine rings is 1. The molecule has 0 saturated carbocycles. The Bertz CT molecular complexity index is 1070. The number of carbonyl (C=O) groups is 1. The topological polar surface area (TPSA) is 107 Å². The van der Waals surface area contributed by atoms with Crippen LogP contribution in [0.15, 0.2) is 18.5 Å². The first-order valence-corrected chi connectivity index (χ1v) is 11.3. The first-order chi connectivity index (χ1) is 14.0. The number of hydrogen-bond donors (Lipinski definition) is 2. The standard InChI is InChI=1S/C17H16BClIN6O3/c1-29-15-9(7-22-17(24-15)25-2-4-26(20-18)5-3-25)13-11(19)6-12-14(23-13)10(8-21-12)16(27)28/h6-8,21H,2-5H2,1H3,(H,27,28)/q-1. The van der Waals surface area contributed by atoms with Gasteiger partial charge in [-0.2, -0.15) is 0 Å². The quantitative estimate of drug-likeness (QED) is 0.238. The zero-order valence-corrected chi connectivity index (χ0v) is 18.3. The average molecular weight is 526 g/mol. The summed E-state index contributed by atoms with van der Waals surface area (Å²) in [6, 6.07) is 1.63. The van der Waals surface area contributed by atoms with Gasteiger partial charge in [-0.25, -0.2) is 4.79 Å². The number of hydrogen-bond acceptors (Lipinski definition) is 7. The molecule has 1 fully saturated rings. The molecular formula is C17H16BClIN6O3-. The fourth-order valence-corrected chi connectivity index (χ4v) is 4.42. The van der Waals surface area contributed by atoms with Gasteiger partial charge in [-0.05, 0) is 0 Å². The Hall–Kier alpha value is -2.12. The van der Waals surface area contributed by atoms with Crippen LogP contribution in [0.3, 0.4) is 0 Å². The number of methoxy groups -OCH3 is 1. The van der Waals surface area contributed by atoms with Gasteiger partial charge in [0.2, 0.25) is 0 Å². The van der Waals surface area contributed by atoms with E-state index in [1.54, 1.807) is 12.3 Å². The monoisotopic (exact) mass is 525 g/mol. The molecule has 4 rings (SSSR count). The van der Waals surface area contributed by atoms with Crippen molar-refractivity contribution < 1.29 is 35.9 Å². The molecule has 3 aromatic heterocycles. The molecule has 0 atom stereocenters. The van der Waals surface area contributed by atoms with Crippen LogP contribution in [-0.4, -0.2) is 73.1 Å². The maximum absolute atomic E-state index is 11.4. The van der Waals surface area contributed by atoms with E-state index in [1.807, 2.05) is 0 Å². The Kier molecular flexibility index (Phi) is 5.79. The van der Waals surface area contributed by atoms with Crippen LogP contribution >= 0.6 is 11.6 Å². The van der Waals surface area contributed by atoms with E-state index in [9.17, 15) is 9.90 Å². The Balaban J connectivity index is 1.72. The predicted octanol–water partition coefficient (Wildman–Crippen LogP) is -1.41. The average Bonchev–Trinajstić information content (AvgIpc) is 3.15. The van der Waals surface area contributed by atoms with Gasteiger partial charge < -0.3 is 10.1 Å². The summed E-state index contributed by atoms with van der Waals surface area (Å²) in [6.45, 7) is 3.34. The number of fused-ring (bicyclic) bond motifs is 1. The van der Waals surface area contributed by atoms with Crippen LogP contribution < -0.4 is 30.9 Å². The van der Waals surface area contributed by atoms with Gasteiger partial charge >= 0.3 is 162 Å². The van der Waals surface area contributed by atoms with Gasteiger partial charge in [-0.1, -0.05) is 0 Å².